The van der Waals surface area contributed by atoms with E-state index in [1.54, 1.807) is 31.3 Å². The quantitative estimate of drug-likeness (QED) is 0.639. The first-order chi connectivity index (χ1) is 13.5. The summed E-state index contributed by atoms with van der Waals surface area (Å²) in [7, 11) is 1.69. The number of anilines is 1. The lowest BCUT2D eigenvalue weighted by Crippen LogP contribution is -2.40. The number of nitrogens with one attached hydrogen (secondary N) is 2. The summed E-state index contributed by atoms with van der Waals surface area (Å²) in [6, 6.07) is 16.8. The maximum Gasteiger partial charge on any atom is 0.313 e. The molecule has 0 saturated heterocycles. The molecule has 0 aliphatic rings. The highest BCUT2D eigenvalue weighted by molar-refractivity contribution is 6.39. The van der Waals surface area contributed by atoms with Crippen LogP contribution in [0.2, 0.25) is 0 Å². The van der Waals surface area contributed by atoms with E-state index in [1.165, 1.54) is 10.4 Å². The highest BCUT2D eigenvalue weighted by Crippen LogP contribution is 2.17. The van der Waals surface area contributed by atoms with Gasteiger partial charge in [0.25, 0.3) is 0 Å². The molecule has 8 nitrogen and oxygen atoms in total. The molecule has 2 amide bonds. The molecule has 0 aliphatic carbocycles. The van der Waals surface area contributed by atoms with Gasteiger partial charge in [0.2, 0.25) is 5.82 Å². The fourth-order valence-corrected chi connectivity index (χ4v) is 2.68. The van der Waals surface area contributed by atoms with Gasteiger partial charge in [0.05, 0.1) is 7.05 Å². The second-order valence-electron chi connectivity index (χ2n) is 6.53. The normalized spacial score (nSPS) is 11.6. The van der Waals surface area contributed by atoms with E-state index in [4.69, 9.17) is 0 Å². The van der Waals surface area contributed by atoms with E-state index in [2.05, 4.69) is 26.0 Å². The maximum absolute atomic E-state index is 12.1. The second-order valence-corrected chi connectivity index (χ2v) is 6.53. The van der Waals surface area contributed by atoms with Crippen molar-refractivity contribution in [1.82, 2.24) is 25.5 Å². The molecular formula is C20H22N6O2. The van der Waals surface area contributed by atoms with Crippen LogP contribution >= 0.6 is 0 Å². The summed E-state index contributed by atoms with van der Waals surface area (Å²) < 4.78 is 0. The molecule has 144 valence electrons. The minimum Gasteiger partial charge on any atom is -0.345 e. The number of aryl methyl sites for hydroxylation is 2. The largest absolute Gasteiger partial charge is 0.345 e. The number of hydrogen-bond acceptors (Lipinski definition) is 5. The molecule has 0 fully saturated rings. The van der Waals surface area contributed by atoms with Gasteiger partial charge in [0, 0.05) is 17.3 Å². The first-order valence-electron chi connectivity index (χ1n) is 9.01. The molecule has 0 aliphatic heterocycles. The molecule has 1 unspecified atom stereocenters. The van der Waals surface area contributed by atoms with Crippen molar-refractivity contribution in [2.24, 2.45) is 7.05 Å². The van der Waals surface area contributed by atoms with Crippen molar-refractivity contribution in [1.29, 1.82) is 0 Å². The number of aromatic nitrogens is 4. The molecule has 2 N–H and O–H groups in total. The molecule has 3 aromatic rings. The Hall–Kier alpha value is -3.55. The zero-order chi connectivity index (χ0) is 19.9. The molecule has 0 spiro atoms. The van der Waals surface area contributed by atoms with Crippen LogP contribution in [0.3, 0.4) is 0 Å². The predicted molar refractivity (Wildman–Crippen MR) is 105 cm³/mol. The molecule has 8 heteroatoms. The molecule has 3 rings (SSSR count). The van der Waals surface area contributed by atoms with Crippen molar-refractivity contribution >= 4 is 17.5 Å². The third-order valence-electron chi connectivity index (χ3n) is 4.20. The Kier molecular flexibility index (Phi) is 6.11. The number of nitrogens with zero attached hydrogens (tertiary/aromatic N) is 4. The number of hydrogen-bond donors (Lipinski definition) is 2. The molecule has 0 bridgehead atoms. The van der Waals surface area contributed by atoms with E-state index in [9.17, 15) is 9.59 Å². The Balaban J connectivity index is 1.49. The van der Waals surface area contributed by atoms with Crippen LogP contribution in [0.15, 0.2) is 54.6 Å². The van der Waals surface area contributed by atoms with Gasteiger partial charge < -0.3 is 10.6 Å². The first kappa shape index (κ1) is 19.2. The molecule has 28 heavy (non-hydrogen) atoms. The van der Waals surface area contributed by atoms with Crippen molar-refractivity contribution in [3.8, 4) is 11.4 Å². The lowest BCUT2D eigenvalue weighted by Gasteiger charge is -2.13. The van der Waals surface area contributed by atoms with Crippen LogP contribution in [0.1, 0.15) is 18.9 Å². The van der Waals surface area contributed by atoms with E-state index in [-0.39, 0.29) is 6.04 Å². The van der Waals surface area contributed by atoms with Crippen molar-refractivity contribution in [3.05, 3.63) is 60.2 Å². The maximum atomic E-state index is 12.1. The minimum absolute atomic E-state index is 0.108. The Morgan fingerprint density at radius 1 is 1.04 bits per heavy atom. The molecule has 1 atom stereocenters. The number of benzene rings is 2. The number of amides is 2. The third kappa shape index (κ3) is 5.23. The van der Waals surface area contributed by atoms with Crippen LogP contribution in [-0.2, 0) is 23.1 Å². The monoisotopic (exact) mass is 378 g/mol. The smallest absolute Gasteiger partial charge is 0.313 e. The zero-order valence-electron chi connectivity index (χ0n) is 15.8. The molecular weight excluding hydrogens is 356 g/mol. The summed E-state index contributed by atoms with van der Waals surface area (Å²) >= 11 is 0. The van der Waals surface area contributed by atoms with E-state index >= 15 is 0 Å². The summed E-state index contributed by atoms with van der Waals surface area (Å²) in [6.07, 6.45) is 1.59. The second kappa shape index (κ2) is 8.90. The van der Waals surface area contributed by atoms with Crippen molar-refractivity contribution < 1.29 is 9.59 Å². The Morgan fingerprint density at radius 2 is 1.75 bits per heavy atom. The van der Waals surface area contributed by atoms with Crippen LogP contribution in [0.4, 0.5) is 5.69 Å². The van der Waals surface area contributed by atoms with E-state index in [1.807, 2.05) is 37.3 Å². The number of carbonyl (C=O) groups is 2. The molecule has 0 saturated carbocycles. The van der Waals surface area contributed by atoms with Gasteiger partial charge >= 0.3 is 11.8 Å². The van der Waals surface area contributed by atoms with E-state index < -0.39 is 11.8 Å². The Bertz CT molecular complexity index is 937. The number of carbonyl (C=O) groups excluding carboxylic acids is 2. The van der Waals surface area contributed by atoms with Crippen molar-refractivity contribution in [2.75, 3.05) is 5.32 Å². The van der Waals surface area contributed by atoms with E-state index in [0.717, 1.165) is 18.4 Å². The number of rotatable bonds is 6. The molecule has 0 radical (unpaired) electrons. The van der Waals surface area contributed by atoms with Gasteiger partial charge in [0.1, 0.15) is 0 Å². The van der Waals surface area contributed by atoms with Gasteiger partial charge in [-0.3, -0.25) is 9.59 Å². The van der Waals surface area contributed by atoms with Gasteiger partial charge in [-0.05, 0) is 54.8 Å². The summed E-state index contributed by atoms with van der Waals surface area (Å²) in [5.74, 6) is -0.859. The van der Waals surface area contributed by atoms with Crippen LogP contribution in [0.25, 0.3) is 11.4 Å². The van der Waals surface area contributed by atoms with Gasteiger partial charge in [-0.2, -0.15) is 4.80 Å². The fraction of sp³-hybridized carbons (Fsp3) is 0.250. The third-order valence-corrected chi connectivity index (χ3v) is 4.20. The minimum atomic E-state index is -0.697. The standard InChI is InChI=1S/C20H22N6O2/c1-14(8-9-15-6-4-3-5-7-15)21-19(27)20(28)22-17-12-10-16(11-13-17)18-23-25-26(2)24-18/h3-7,10-14H,8-9H2,1-2H3,(H,21,27)(H,22,28). The fourth-order valence-electron chi connectivity index (χ4n) is 2.68. The van der Waals surface area contributed by atoms with Crippen molar-refractivity contribution in [2.45, 2.75) is 25.8 Å². The highest BCUT2D eigenvalue weighted by Gasteiger charge is 2.16. The first-order valence-corrected chi connectivity index (χ1v) is 9.01. The summed E-state index contributed by atoms with van der Waals surface area (Å²) in [5, 5.41) is 17.1. The van der Waals surface area contributed by atoms with Gasteiger partial charge in [-0.15, -0.1) is 10.2 Å². The zero-order valence-corrected chi connectivity index (χ0v) is 15.8. The average molecular weight is 378 g/mol. The Morgan fingerprint density at radius 3 is 2.39 bits per heavy atom. The van der Waals surface area contributed by atoms with Crippen molar-refractivity contribution in [3.63, 3.8) is 0 Å². The Labute approximate surface area is 163 Å². The lowest BCUT2D eigenvalue weighted by atomic mass is 10.1. The SMILES string of the molecule is CC(CCc1ccccc1)NC(=O)C(=O)Nc1ccc(-c2nnn(C)n2)cc1. The van der Waals surface area contributed by atoms with Crippen LogP contribution in [-0.4, -0.2) is 38.1 Å². The molecule has 1 heterocycles. The van der Waals surface area contributed by atoms with Gasteiger partial charge in [-0.25, -0.2) is 0 Å². The van der Waals surface area contributed by atoms with Crippen LogP contribution in [0.5, 0.6) is 0 Å². The van der Waals surface area contributed by atoms with Gasteiger partial charge in [-0.1, -0.05) is 30.3 Å². The predicted octanol–water partition coefficient (Wildman–Crippen LogP) is 1.95. The van der Waals surface area contributed by atoms with Crippen LogP contribution < -0.4 is 10.6 Å². The lowest BCUT2D eigenvalue weighted by molar-refractivity contribution is -0.136. The molecule has 2 aromatic carbocycles. The highest BCUT2D eigenvalue weighted by atomic mass is 16.2. The summed E-state index contributed by atoms with van der Waals surface area (Å²) in [5.41, 5.74) is 2.49. The average Bonchev–Trinajstić information content (AvgIpc) is 3.14. The summed E-state index contributed by atoms with van der Waals surface area (Å²) in [4.78, 5) is 25.6. The van der Waals surface area contributed by atoms with E-state index in [0.29, 0.717) is 11.5 Å². The molecule has 1 aromatic heterocycles. The summed E-state index contributed by atoms with van der Waals surface area (Å²) in [6.45, 7) is 1.89. The number of tetrazole rings is 1. The topological polar surface area (TPSA) is 102 Å². The van der Waals surface area contributed by atoms with Gasteiger partial charge in [0.15, 0.2) is 0 Å². The van der Waals surface area contributed by atoms with Crippen LogP contribution in [0, 0.1) is 0 Å².